The molecule has 3 N–H and O–H groups in total. The molecule has 0 heterocycles. The molecule has 0 aromatic rings. The van der Waals surface area contributed by atoms with E-state index in [1.165, 1.54) is 6.26 Å². The zero-order valence-electron chi connectivity index (χ0n) is 12.1. The first-order valence-electron chi connectivity index (χ1n) is 6.90. The van der Waals surface area contributed by atoms with E-state index < -0.39 is 36.4 Å². The predicted molar refractivity (Wildman–Crippen MR) is 72.9 cm³/mol. The Kier molecular flexibility index (Phi) is 6.36. The van der Waals surface area contributed by atoms with Gasteiger partial charge in [-0.2, -0.15) is 0 Å². The number of rotatable bonds is 8. The fourth-order valence-corrected chi connectivity index (χ4v) is 2.35. The Hall–Kier alpha value is -2.09. The molecule has 1 atom stereocenters. The molecule has 1 aliphatic carbocycles. The largest absolute Gasteiger partial charge is 0.499 e. The SMILES string of the molecule is C=COC1CCC(OC(=O)CC(O)(CC(=O)O)C(=O)O)CC1. The van der Waals surface area contributed by atoms with Crippen LogP contribution in [0.2, 0.25) is 0 Å². The summed E-state index contributed by atoms with van der Waals surface area (Å²) in [7, 11) is 0. The molecule has 8 nitrogen and oxygen atoms in total. The third kappa shape index (κ3) is 5.36. The summed E-state index contributed by atoms with van der Waals surface area (Å²) >= 11 is 0. The molecule has 0 amide bonds. The first-order valence-corrected chi connectivity index (χ1v) is 6.90. The van der Waals surface area contributed by atoms with Crippen LogP contribution in [0.4, 0.5) is 0 Å². The van der Waals surface area contributed by atoms with Gasteiger partial charge in [0.15, 0.2) is 5.60 Å². The van der Waals surface area contributed by atoms with Crippen molar-refractivity contribution in [2.45, 2.75) is 56.3 Å². The number of carboxylic acid groups (broad SMARTS) is 2. The van der Waals surface area contributed by atoms with Crippen LogP contribution in [0.15, 0.2) is 12.8 Å². The van der Waals surface area contributed by atoms with Crippen molar-refractivity contribution in [3.05, 3.63) is 12.8 Å². The van der Waals surface area contributed by atoms with Gasteiger partial charge in [0.05, 0.1) is 25.2 Å². The van der Waals surface area contributed by atoms with E-state index in [-0.39, 0.29) is 12.2 Å². The lowest BCUT2D eigenvalue weighted by Crippen LogP contribution is -2.43. The van der Waals surface area contributed by atoms with Gasteiger partial charge in [-0.3, -0.25) is 9.59 Å². The molecule has 22 heavy (non-hydrogen) atoms. The van der Waals surface area contributed by atoms with Gasteiger partial charge in [0.1, 0.15) is 6.10 Å². The van der Waals surface area contributed by atoms with Crippen LogP contribution in [0.3, 0.4) is 0 Å². The molecule has 0 radical (unpaired) electrons. The predicted octanol–water partition coefficient (Wildman–Crippen LogP) is 0.681. The molecule has 0 aromatic carbocycles. The van der Waals surface area contributed by atoms with E-state index in [4.69, 9.17) is 19.7 Å². The van der Waals surface area contributed by atoms with Crippen LogP contribution in [0.5, 0.6) is 0 Å². The topological polar surface area (TPSA) is 130 Å². The lowest BCUT2D eigenvalue weighted by molar-refractivity contribution is -0.174. The second-order valence-electron chi connectivity index (χ2n) is 5.28. The van der Waals surface area contributed by atoms with Crippen molar-refractivity contribution in [3.63, 3.8) is 0 Å². The summed E-state index contributed by atoms with van der Waals surface area (Å²) < 4.78 is 10.3. The van der Waals surface area contributed by atoms with E-state index in [1.807, 2.05) is 0 Å². The number of hydrogen-bond acceptors (Lipinski definition) is 6. The molecule has 1 saturated carbocycles. The minimum absolute atomic E-state index is 0.0235. The van der Waals surface area contributed by atoms with Crippen LogP contribution in [0, 0.1) is 0 Å². The lowest BCUT2D eigenvalue weighted by Gasteiger charge is -2.28. The molecular formula is C14H20O8. The van der Waals surface area contributed by atoms with Crippen LogP contribution in [-0.2, 0) is 23.9 Å². The minimum Gasteiger partial charge on any atom is -0.499 e. The summed E-state index contributed by atoms with van der Waals surface area (Å²) in [6, 6.07) is 0. The van der Waals surface area contributed by atoms with E-state index in [0.29, 0.717) is 25.7 Å². The first kappa shape index (κ1) is 18.0. The zero-order chi connectivity index (χ0) is 16.8. The molecule has 1 fully saturated rings. The van der Waals surface area contributed by atoms with Crippen molar-refractivity contribution in [2.24, 2.45) is 0 Å². The number of carbonyl (C=O) groups excluding carboxylic acids is 1. The number of aliphatic carboxylic acids is 2. The average Bonchev–Trinajstić information content (AvgIpc) is 2.40. The van der Waals surface area contributed by atoms with Gasteiger partial charge < -0.3 is 24.8 Å². The normalized spacial score (nSPS) is 23.9. The summed E-state index contributed by atoms with van der Waals surface area (Å²) in [6.45, 7) is 3.46. The van der Waals surface area contributed by atoms with Crippen LogP contribution in [-0.4, -0.2) is 51.0 Å². The zero-order valence-corrected chi connectivity index (χ0v) is 12.1. The van der Waals surface area contributed by atoms with E-state index >= 15 is 0 Å². The number of carbonyl (C=O) groups is 3. The summed E-state index contributed by atoms with van der Waals surface area (Å²) in [5, 5.41) is 27.3. The van der Waals surface area contributed by atoms with Crippen molar-refractivity contribution in [2.75, 3.05) is 0 Å². The molecule has 1 aliphatic rings. The molecule has 0 spiro atoms. The minimum atomic E-state index is -2.66. The number of ether oxygens (including phenoxy) is 2. The number of esters is 1. The second-order valence-corrected chi connectivity index (χ2v) is 5.28. The van der Waals surface area contributed by atoms with Gasteiger partial charge in [-0.15, -0.1) is 0 Å². The van der Waals surface area contributed by atoms with Crippen molar-refractivity contribution in [1.29, 1.82) is 0 Å². The molecule has 0 aromatic heterocycles. The maximum atomic E-state index is 11.7. The monoisotopic (exact) mass is 316 g/mol. The summed E-state index contributed by atoms with van der Waals surface area (Å²) in [6.07, 6.45) is 1.45. The van der Waals surface area contributed by atoms with Gasteiger partial charge in [-0.25, -0.2) is 4.79 Å². The molecule has 1 rings (SSSR count). The van der Waals surface area contributed by atoms with Gasteiger partial charge in [0.2, 0.25) is 0 Å². The maximum absolute atomic E-state index is 11.7. The highest BCUT2D eigenvalue weighted by Crippen LogP contribution is 2.25. The summed E-state index contributed by atoms with van der Waals surface area (Å²) in [5.41, 5.74) is -2.66. The van der Waals surface area contributed by atoms with Gasteiger partial charge >= 0.3 is 17.9 Å². The summed E-state index contributed by atoms with van der Waals surface area (Å²) in [5.74, 6) is -4.21. The number of carboxylic acids is 2. The standard InChI is InChI=1S/C14H20O8/c1-2-21-9-3-5-10(6-4-9)22-12(17)8-14(20,13(18)19)7-11(15)16/h2,9-10,20H,1,3-8H2,(H,15,16)(H,18,19). The smallest absolute Gasteiger partial charge is 0.336 e. The molecule has 8 heteroatoms. The van der Waals surface area contributed by atoms with Crippen molar-refractivity contribution >= 4 is 17.9 Å². The third-order valence-corrected chi connectivity index (χ3v) is 3.49. The van der Waals surface area contributed by atoms with Crippen molar-refractivity contribution in [3.8, 4) is 0 Å². The highest BCUT2D eigenvalue weighted by Gasteiger charge is 2.42. The average molecular weight is 316 g/mol. The Labute approximate surface area is 127 Å². The highest BCUT2D eigenvalue weighted by molar-refractivity contribution is 5.88. The Balaban J connectivity index is 2.50. The van der Waals surface area contributed by atoms with Gasteiger partial charge in [0.25, 0.3) is 0 Å². The molecule has 124 valence electrons. The Morgan fingerprint density at radius 3 is 2.09 bits per heavy atom. The molecule has 1 unspecified atom stereocenters. The second kappa shape index (κ2) is 7.79. The molecule has 0 aliphatic heterocycles. The number of aliphatic hydroxyl groups is 1. The highest BCUT2D eigenvalue weighted by atomic mass is 16.5. The van der Waals surface area contributed by atoms with Gasteiger partial charge in [0, 0.05) is 0 Å². The van der Waals surface area contributed by atoms with E-state index in [0.717, 1.165) is 0 Å². The number of hydrogen-bond donors (Lipinski definition) is 3. The first-order chi connectivity index (χ1) is 10.3. The van der Waals surface area contributed by atoms with Crippen LogP contribution >= 0.6 is 0 Å². The molecular weight excluding hydrogens is 296 g/mol. The van der Waals surface area contributed by atoms with Crippen molar-refractivity contribution in [1.82, 2.24) is 0 Å². The Bertz CT molecular complexity index is 438. The summed E-state index contributed by atoms with van der Waals surface area (Å²) in [4.78, 5) is 33.3. The van der Waals surface area contributed by atoms with Crippen molar-refractivity contribution < 1.29 is 39.2 Å². The quantitative estimate of drug-likeness (QED) is 0.440. The van der Waals surface area contributed by atoms with Crippen LogP contribution in [0.25, 0.3) is 0 Å². The third-order valence-electron chi connectivity index (χ3n) is 3.49. The van der Waals surface area contributed by atoms with E-state index in [9.17, 15) is 19.5 Å². The Morgan fingerprint density at radius 2 is 1.64 bits per heavy atom. The van der Waals surface area contributed by atoms with Gasteiger partial charge in [-0.05, 0) is 25.7 Å². The Morgan fingerprint density at radius 1 is 1.09 bits per heavy atom. The van der Waals surface area contributed by atoms with E-state index in [2.05, 4.69) is 6.58 Å². The fourth-order valence-electron chi connectivity index (χ4n) is 2.35. The molecule has 0 saturated heterocycles. The fraction of sp³-hybridized carbons (Fsp3) is 0.643. The maximum Gasteiger partial charge on any atom is 0.336 e. The van der Waals surface area contributed by atoms with Gasteiger partial charge in [-0.1, -0.05) is 6.58 Å². The van der Waals surface area contributed by atoms with Crippen LogP contribution < -0.4 is 0 Å². The van der Waals surface area contributed by atoms with E-state index in [1.54, 1.807) is 0 Å². The lowest BCUT2D eigenvalue weighted by atomic mass is 9.94. The van der Waals surface area contributed by atoms with Crippen LogP contribution in [0.1, 0.15) is 38.5 Å². The molecule has 0 bridgehead atoms.